The van der Waals surface area contributed by atoms with Crippen molar-refractivity contribution in [2.45, 2.75) is 19.0 Å². The minimum absolute atomic E-state index is 0.0432. The molecule has 32 heavy (non-hydrogen) atoms. The number of rotatable bonds is 8. The van der Waals surface area contributed by atoms with Gasteiger partial charge in [-0.05, 0) is 41.6 Å². The Bertz CT molecular complexity index is 1120. The third-order valence-electron chi connectivity index (χ3n) is 5.08. The molecule has 0 radical (unpaired) electrons. The summed E-state index contributed by atoms with van der Waals surface area (Å²) in [6, 6.07) is 17.6. The van der Waals surface area contributed by atoms with E-state index in [2.05, 4.69) is 0 Å². The van der Waals surface area contributed by atoms with Crippen LogP contribution >= 0.6 is 0 Å². The second-order valence-electron chi connectivity index (χ2n) is 7.07. The molecule has 0 atom stereocenters. The van der Waals surface area contributed by atoms with Gasteiger partial charge in [0.25, 0.3) is 0 Å². The number of halogens is 3. The monoisotopic (exact) mass is 445 g/mol. The van der Waals surface area contributed by atoms with Crippen LogP contribution in [-0.2, 0) is 16.0 Å². The lowest BCUT2D eigenvalue weighted by Gasteiger charge is -2.25. The number of ether oxygens (including phenoxy) is 2. The Kier molecular flexibility index (Phi) is 7.02. The van der Waals surface area contributed by atoms with Crippen molar-refractivity contribution in [2.75, 3.05) is 25.7 Å². The first-order valence-corrected chi connectivity index (χ1v) is 9.83. The van der Waals surface area contributed by atoms with Crippen molar-refractivity contribution >= 4 is 28.2 Å². The highest BCUT2D eigenvalue weighted by molar-refractivity contribution is 6.10. The molecule has 0 saturated heterocycles. The number of benzene rings is 3. The number of alkyl halides is 3. The lowest BCUT2D eigenvalue weighted by atomic mass is 10.1. The first-order valence-electron chi connectivity index (χ1n) is 9.83. The first kappa shape index (κ1) is 23.1. The predicted molar refractivity (Wildman–Crippen MR) is 115 cm³/mol. The molecule has 3 aromatic rings. The van der Waals surface area contributed by atoms with Crippen LogP contribution in [0.4, 0.5) is 18.9 Å². The number of carbonyl (C=O) groups is 2. The number of carbonyl (C=O) groups excluding carboxylic acids is 2. The van der Waals surface area contributed by atoms with Gasteiger partial charge in [0.1, 0.15) is 11.5 Å². The lowest BCUT2D eigenvalue weighted by Crippen LogP contribution is -2.37. The third kappa shape index (κ3) is 5.19. The van der Waals surface area contributed by atoms with E-state index >= 15 is 0 Å². The van der Waals surface area contributed by atoms with Gasteiger partial charge in [-0.25, -0.2) is 0 Å². The Balaban J connectivity index is 1.98. The van der Waals surface area contributed by atoms with E-state index in [0.29, 0.717) is 28.1 Å². The van der Waals surface area contributed by atoms with Crippen LogP contribution in [0.25, 0.3) is 10.8 Å². The van der Waals surface area contributed by atoms with Crippen molar-refractivity contribution in [3.8, 4) is 11.5 Å². The van der Waals surface area contributed by atoms with Crippen LogP contribution in [0.1, 0.15) is 12.0 Å². The summed E-state index contributed by atoms with van der Waals surface area (Å²) < 4.78 is 49.0. The molecule has 0 N–H and O–H groups in total. The average Bonchev–Trinajstić information content (AvgIpc) is 2.78. The van der Waals surface area contributed by atoms with Gasteiger partial charge in [-0.3, -0.25) is 9.59 Å². The fourth-order valence-electron chi connectivity index (χ4n) is 3.47. The van der Waals surface area contributed by atoms with E-state index in [4.69, 9.17) is 9.47 Å². The maximum Gasteiger partial charge on any atom is 0.450 e. The number of anilines is 1. The quantitative estimate of drug-likeness (QED) is 0.460. The highest BCUT2D eigenvalue weighted by atomic mass is 19.4. The van der Waals surface area contributed by atoms with E-state index < -0.39 is 24.3 Å². The van der Waals surface area contributed by atoms with Gasteiger partial charge in [0.15, 0.2) is 0 Å². The van der Waals surface area contributed by atoms with Gasteiger partial charge < -0.3 is 14.4 Å². The summed E-state index contributed by atoms with van der Waals surface area (Å²) in [5.74, 6) is -1.86. The highest BCUT2D eigenvalue weighted by Crippen LogP contribution is 2.30. The Labute approximate surface area is 183 Å². The highest BCUT2D eigenvalue weighted by Gasteiger charge is 2.40. The SMILES string of the molecule is COc1ccc(OC)c(CCN(C(=O)CC(=O)C(F)(F)F)c2cccc3ccccc23)c1. The Hall–Kier alpha value is -3.55. The number of nitrogens with zero attached hydrogens (tertiary/aromatic N) is 1. The van der Waals surface area contributed by atoms with Crippen LogP contribution < -0.4 is 14.4 Å². The number of Topliss-reactive ketones (excluding diaryl/α,β-unsaturated/α-hetero) is 1. The summed E-state index contributed by atoms with van der Waals surface area (Å²) in [6.07, 6.45) is -6.06. The lowest BCUT2D eigenvalue weighted by molar-refractivity contribution is -0.171. The van der Waals surface area contributed by atoms with E-state index in [9.17, 15) is 22.8 Å². The number of amides is 1. The minimum atomic E-state index is -5.07. The number of hydrogen-bond acceptors (Lipinski definition) is 4. The average molecular weight is 445 g/mol. The van der Waals surface area contributed by atoms with E-state index in [1.54, 1.807) is 42.5 Å². The predicted octanol–water partition coefficient (Wildman–Crippen LogP) is 4.95. The van der Waals surface area contributed by atoms with E-state index in [0.717, 1.165) is 5.39 Å². The zero-order valence-corrected chi connectivity index (χ0v) is 17.6. The Morgan fingerprint density at radius 2 is 1.66 bits per heavy atom. The van der Waals surface area contributed by atoms with E-state index in [1.165, 1.54) is 19.1 Å². The molecular weight excluding hydrogens is 423 g/mol. The van der Waals surface area contributed by atoms with Gasteiger partial charge in [0, 0.05) is 11.9 Å². The molecule has 168 valence electrons. The van der Waals surface area contributed by atoms with Crippen LogP contribution in [-0.4, -0.2) is 38.6 Å². The van der Waals surface area contributed by atoms with Gasteiger partial charge in [0.05, 0.1) is 26.3 Å². The molecule has 0 unspecified atom stereocenters. The Morgan fingerprint density at radius 1 is 0.938 bits per heavy atom. The van der Waals surface area contributed by atoms with Gasteiger partial charge in [-0.1, -0.05) is 36.4 Å². The molecule has 0 aliphatic rings. The van der Waals surface area contributed by atoms with E-state index in [-0.39, 0.29) is 13.0 Å². The van der Waals surface area contributed by atoms with Gasteiger partial charge in [0.2, 0.25) is 11.7 Å². The largest absolute Gasteiger partial charge is 0.497 e. The summed E-state index contributed by atoms with van der Waals surface area (Å²) in [5, 5.41) is 1.52. The van der Waals surface area contributed by atoms with Crippen molar-refractivity contribution in [1.82, 2.24) is 0 Å². The summed E-state index contributed by atoms with van der Waals surface area (Å²) in [7, 11) is 3.02. The zero-order valence-electron chi connectivity index (χ0n) is 17.6. The molecule has 0 spiro atoms. The van der Waals surface area contributed by atoms with Crippen LogP contribution in [0.2, 0.25) is 0 Å². The summed E-state index contributed by atoms with van der Waals surface area (Å²) in [4.78, 5) is 25.6. The molecule has 3 rings (SSSR count). The van der Waals surface area contributed by atoms with Crippen LogP contribution in [0.15, 0.2) is 60.7 Å². The fraction of sp³-hybridized carbons (Fsp3) is 0.250. The summed E-state index contributed by atoms with van der Waals surface area (Å²) in [5.41, 5.74) is 1.15. The second kappa shape index (κ2) is 9.72. The molecule has 0 saturated carbocycles. The third-order valence-corrected chi connectivity index (χ3v) is 5.08. The topological polar surface area (TPSA) is 55.8 Å². The number of fused-ring (bicyclic) bond motifs is 1. The molecule has 3 aromatic carbocycles. The maximum atomic E-state index is 12.9. The van der Waals surface area contributed by atoms with Crippen molar-refractivity contribution in [3.05, 3.63) is 66.2 Å². The molecule has 0 aliphatic heterocycles. The van der Waals surface area contributed by atoms with Crippen molar-refractivity contribution in [3.63, 3.8) is 0 Å². The van der Waals surface area contributed by atoms with Crippen molar-refractivity contribution in [1.29, 1.82) is 0 Å². The smallest absolute Gasteiger partial charge is 0.450 e. The molecule has 8 heteroatoms. The standard InChI is InChI=1S/C24H22F3NO4/c1-31-18-10-11-21(32-2)17(14-18)12-13-28(23(30)15-22(29)24(25,26)27)20-9-5-7-16-6-3-4-8-19(16)20/h3-11,14H,12-13,15H2,1-2H3. The van der Waals surface area contributed by atoms with Gasteiger partial charge in [-0.2, -0.15) is 13.2 Å². The summed E-state index contributed by atoms with van der Waals surface area (Å²) in [6.45, 7) is 0.0432. The molecule has 5 nitrogen and oxygen atoms in total. The molecule has 0 heterocycles. The Morgan fingerprint density at radius 3 is 2.34 bits per heavy atom. The first-order chi connectivity index (χ1) is 15.2. The molecule has 0 fully saturated rings. The molecule has 0 aliphatic carbocycles. The molecule has 0 bridgehead atoms. The van der Waals surface area contributed by atoms with Gasteiger partial charge in [-0.15, -0.1) is 0 Å². The van der Waals surface area contributed by atoms with Crippen molar-refractivity contribution < 1.29 is 32.2 Å². The zero-order chi connectivity index (χ0) is 23.3. The van der Waals surface area contributed by atoms with Crippen molar-refractivity contribution in [2.24, 2.45) is 0 Å². The number of hydrogen-bond donors (Lipinski definition) is 0. The van der Waals surface area contributed by atoms with Gasteiger partial charge >= 0.3 is 6.18 Å². The molecule has 1 amide bonds. The summed E-state index contributed by atoms with van der Waals surface area (Å²) >= 11 is 0. The van der Waals surface area contributed by atoms with Crippen LogP contribution in [0, 0.1) is 0 Å². The van der Waals surface area contributed by atoms with Crippen LogP contribution in [0.5, 0.6) is 11.5 Å². The van der Waals surface area contributed by atoms with Crippen LogP contribution in [0.3, 0.4) is 0 Å². The molecule has 0 aromatic heterocycles. The second-order valence-corrected chi connectivity index (χ2v) is 7.07. The minimum Gasteiger partial charge on any atom is -0.497 e. The number of ketones is 1. The maximum absolute atomic E-state index is 12.9. The normalized spacial score (nSPS) is 11.3. The number of methoxy groups -OCH3 is 2. The van der Waals surface area contributed by atoms with E-state index in [1.807, 2.05) is 18.2 Å². The molecular formula is C24H22F3NO4. The fourth-order valence-corrected chi connectivity index (χ4v) is 3.47.